The largest absolute Gasteiger partial charge is 0.229 e. The van der Waals surface area contributed by atoms with Gasteiger partial charge in [0.25, 0.3) is 0 Å². The maximum atomic E-state index is 5.71. The fourth-order valence-electron chi connectivity index (χ4n) is 0.644. The molecule has 10 heavy (non-hydrogen) atoms. The Hall–Kier alpha value is 0.650. The highest BCUT2D eigenvalue weighted by Crippen LogP contribution is 2.28. The van der Waals surface area contributed by atoms with E-state index < -0.39 is 0 Å². The molecule has 0 aliphatic carbocycles. The van der Waals surface area contributed by atoms with Gasteiger partial charge < -0.3 is 0 Å². The summed E-state index contributed by atoms with van der Waals surface area (Å²) in [7, 11) is 0. The molecule has 0 radical (unpaired) electrons. The quantitative estimate of drug-likeness (QED) is 0.720. The Labute approximate surface area is 83.0 Å². The van der Waals surface area contributed by atoms with E-state index in [1.807, 2.05) is 0 Å². The SMILES string of the molecule is CC(C)c1nc(Cl)sc1I. The third kappa shape index (κ3) is 1.83. The zero-order valence-electron chi connectivity index (χ0n) is 5.69. The van der Waals surface area contributed by atoms with Crippen molar-refractivity contribution in [1.82, 2.24) is 4.98 Å². The number of rotatable bonds is 1. The van der Waals surface area contributed by atoms with Gasteiger partial charge >= 0.3 is 0 Å². The van der Waals surface area contributed by atoms with Crippen LogP contribution in [0.1, 0.15) is 25.5 Å². The summed E-state index contributed by atoms with van der Waals surface area (Å²) in [6.45, 7) is 4.24. The molecular formula is C6H7ClINS. The predicted octanol–water partition coefficient (Wildman–Crippen LogP) is 3.52. The van der Waals surface area contributed by atoms with Crippen LogP contribution in [0.15, 0.2) is 0 Å². The van der Waals surface area contributed by atoms with E-state index in [2.05, 4.69) is 41.4 Å². The number of hydrogen-bond donors (Lipinski definition) is 0. The van der Waals surface area contributed by atoms with Crippen LogP contribution in [0.3, 0.4) is 0 Å². The van der Waals surface area contributed by atoms with Gasteiger partial charge in [0.15, 0.2) is 4.47 Å². The molecule has 0 spiro atoms. The van der Waals surface area contributed by atoms with Crippen LogP contribution in [0.4, 0.5) is 0 Å². The molecule has 1 aromatic heterocycles. The van der Waals surface area contributed by atoms with Gasteiger partial charge in [-0.2, -0.15) is 0 Å². The summed E-state index contributed by atoms with van der Waals surface area (Å²) in [5, 5.41) is 0. The van der Waals surface area contributed by atoms with Crippen molar-refractivity contribution in [2.45, 2.75) is 19.8 Å². The molecule has 0 saturated carbocycles. The third-order valence-corrected chi connectivity index (χ3v) is 3.31. The van der Waals surface area contributed by atoms with Crippen molar-refractivity contribution in [2.24, 2.45) is 0 Å². The molecule has 4 heteroatoms. The highest BCUT2D eigenvalue weighted by molar-refractivity contribution is 14.1. The third-order valence-electron chi connectivity index (χ3n) is 1.13. The van der Waals surface area contributed by atoms with Gasteiger partial charge in [0.05, 0.1) is 8.58 Å². The van der Waals surface area contributed by atoms with Crippen molar-refractivity contribution in [3.05, 3.63) is 13.0 Å². The minimum absolute atomic E-state index is 0.482. The summed E-state index contributed by atoms with van der Waals surface area (Å²) in [6, 6.07) is 0. The average molecular weight is 288 g/mol. The minimum atomic E-state index is 0.482. The molecule has 0 atom stereocenters. The van der Waals surface area contributed by atoms with Gasteiger partial charge in [0.2, 0.25) is 0 Å². The summed E-state index contributed by atoms with van der Waals surface area (Å²) in [6.07, 6.45) is 0. The maximum Gasteiger partial charge on any atom is 0.184 e. The van der Waals surface area contributed by atoms with E-state index in [4.69, 9.17) is 11.6 Å². The average Bonchev–Trinajstić information content (AvgIpc) is 2.10. The maximum absolute atomic E-state index is 5.71. The molecule has 56 valence electrons. The molecule has 0 aliphatic heterocycles. The Morgan fingerprint density at radius 1 is 1.60 bits per heavy atom. The minimum Gasteiger partial charge on any atom is -0.229 e. The summed E-state index contributed by atoms with van der Waals surface area (Å²) >= 11 is 9.52. The van der Waals surface area contributed by atoms with Crippen molar-refractivity contribution in [2.75, 3.05) is 0 Å². The van der Waals surface area contributed by atoms with Crippen LogP contribution in [0, 0.1) is 2.88 Å². The Morgan fingerprint density at radius 2 is 2.20 bits per heavy atom. The first-order valence-electron chi connectivity index (χ1n) is 2.93. The molecule has 0 saturated heterocycles. The normalized spacial score (nSPS) is 10.9. The highest BCUT2D eigenvalue weighted by Gasteiger charge is 2.09. The number of thiazole rings is 1. The van der Waals surface area contributed by atoms with Gasteiger partial charge in [-0.3, -0.25) is 0 Å². The second-order valence-corrected chi connectivity index (χ2v) is 5.67. The molecule has 1 heterocycles. The van der Waals surface area contributed by atoms with Crippen LogP contribution in [-0.2, 0) is 0 Å². The lowest BCUT2D eigenvalue weighted by molar-refractivity contribution is 0.828. The van der Waals surface area contributed by atoms with Gasteiger partial charge in [-0.05, 0) is 28.5 Å². The van der Waals surface area contributed by atoms with Gasteiger partial charge in [0.1, 0.15) is 0 Å². The zero-order chi connectivity index (χ0) is 7.72. The van der Waals surface area contributed by atoms with E-state index in [0.29, 0.717) is 10.4 Å². The second kappa shape index (κ2) is 3.36. The van der Waals surface area contributed by atoms with E-state index >= 15 is 0 Å². The second-order valence-electron chi connectivity index (χ2n) is 2.28. The molecule has 1 aromatic rings. The topological polar surface area (TPSA) is 12.9 Å². The van der Waals surface area contributed by atoms with Crippen molar-refractivity contribution >= 4 is 45.5 Å². The summed E-state index contributed by atoms with van der Waals surface area (Å²) in [5.41, 5.74) is 1.12. The van der Waals surface area contributed by atoms with Crippen LogP contribution in [0.5, 0.6) is 0 Å². The molecule has 0 amide bonds. The summed E-state index contributed by atoms with van der Waals surface area (Å²) in [5.74, 6) is 0.482. The molecule has 1 nitrogen and oxygen atoms in total. The first kappa shape index (κ1) is 8.74. The van der Waals surface area contributed by atoms with Crippen molar-refractivity contribution in [1.29, 1.82) is 0 Å². The van der Waals surface area contributed by atoms with Gasteiger partial charge in [-0.1, -0.05) is 36.8 Å². The van der Waals surface area contributed by atoms with Crippen molar-refractivity contribution in [3.8, 4) is 0 Å². The highest BCUT2D eigenvalue weighted by atomic mass is 127. The van der Waals surface area contributed by atoms with Gasteiger partial charge in [-0.15, -0.1) is 0 Å². The molecule has 0 unspecified atom stereocenters. The van der Waals surface area contributed by atoms with Crippen LogP contribution >= 0.6 is 45.5 Å². The first-order valence-corrected chi connectivity index (χ1v) is 5.20. The summed E-state index contributed by atoms with van der Waals surface area (Å²) < 4.78 is 1.85. The van der Waals surface area contributed by atoms with Gasteiger partial charge in [-0.25, -0.2) is 4.98 Å². The van der Waals surface area contributed by atoms with Crippen molar-refractivity contribution < 1.29 is 0 Å². The van der Waals surface area contributed by atoms with E-state index in [9.17, 15) is 0 Å². The summed E-state index contributed by atoms with van der Waals surface area (Å²) in [4.78, 5) is 4.19. The fourth-order valence-corrected chi connectivity index (χ4v) is 3.40. The number of nitrogens with zero attached hydrogens (tertiary/aromatic N) is 1. The Bertz CT molecular complexity index is 234. The predicted molar refractivity (Wildman–Crippen MR) is 53.9 cm³/mol. The molecule has 0 bridgehead atoms. The van der Waals surface area contributed by atoms with Gasteiger partial charge in [0, 0.05) is 0 Å². The standard InChI is InChI=1S/C6H7ClINS/c1-3(2)4-5(8)10-6(7)9-4/h3H,1-2H3. The first-order chi connectivity index (χ1) is 4.61. The lowest BCUT2D eigenvalue weighted by Crippen LogP contribution is -1.88. The van der Waals surface area contributed by atoms with E-state index in [-0.39, 0.29) is 0 Å². The number of aromatic nitrogens is 1. The Balaban J connectivity index is 3.03. The lowest BCUT2D eigenvalue weighted by atomic mass is 10.2. The molecule has 0 aromatic carbocycles. The van der Waals surface area contributed by atoms with Crippen LogP contribution in [0.2, 0.25) is 4.47 Å². The Kier molecular flexibility index (Phi) is 2.94. The van der Waals surface area contributed by atoms with Crippen molar-refractivity contribution in [3.63, 3.8) is 0 Å². The zero-order valence-corrected chi connectivity index (χ0v) is 9.42. The Morgan fingerprint density at radius 3 is 2.40 bits per heavy atom. The van der Waals surface area contributed by atoms with E-state index in [1.165, 1.54) is 14.2 Å². The fraction of sp³-hybridized carbons (Fsp3) is 0.500. The van der Waals surface area contributed by atoms with Crippen LogP contribution in [0.25, 0.3) is 0 Å². The number of hydrogen-bond acceptors (Lipinski definition) is 2. The number of halogens is 2. The molecule has 0 fully saturated rings. The monoisotopic (exact) mass is 287 g/mol. The smallest absolute Gasteiger partial charge is 0.184 e. The molecule has 0 aliphatic rings. The lowest BCUT2D eigenvalue weighted by Gasteiger charge is -1.97. The van der Waals surface area contributed by atoms with Crippen LogP contribution < -0.4 is 0 Å². The van der Waals surface area contributed by atoms with E-state index in [0.717, 1.165) is 5.69 Å². The molecule has 0 N–H and O–H groups in total. The molecular weight excluding hydrogens is 280 g/mol. The van der Waals surface area contributed by atoms with Crippen LogP contribution in [-0.4, -0.2) is 4.98 Å². The van der Waals surface area contributed by atoms with E-state index in [1.54, 1.807) is 0 Å². The molecule has 1 rings (SSSR count).